The number of urea groups is 1. The normalized spacial score (nSPS) is 18.7. The molecule has 5 heteroatoms. The third kappa shape index (κ3) is 3.63. The van der Waals surface area contributed by atoms with Gasteiger partial charge in [-0.1, -0.05) is 12.1 Å². The van der Waals surface area contributed by atoms with Crippen LogP contribution in [0, 0.1) is 0 Å². The van der Waals surface area contributed by atoms with Crippen molar-refractivity contribution in [3.8, 4) is 5.75 Å². The molecule has 20 heavy (non-hydrogen) atoms. The first-order valence-corrected chi connectivity index (χ1v) is 7.05. The highest BCUT2D eigenvalue weighted by atomic mass is 16.5. The van der Waals surface area contributed by atoms with Crippen molar-refractivity contribution in [1.82, 2.24) is 4.90 Å². The van der Waals surface area contributed by atoms with E-state index in [-0.39, 0.29) is 12.1 Å². The Hall–Kier alpha value is -1.75. The van der Waals surface area contributed by atoms with Crippen molar-refractivity contribution >= 4 is 11.7 Å². The molecule has 1 heterocycles. The molecule has 1 aromatic rings. The Bertz CT molecular complexity index is 448. The third-order valence-corrected chi connectivity index (χ3v) is 3.42. The summed E-state index contributed by atoms with van der Waals surface area (Å²) in [5.41, 5.74) is 0.693. The highest BCUT2D eigenvalue weighted by Gasteiger charge is 2.24. The number of likely N-dealkylation sites (tertiary alicyclic amines) is 1. The summed E-state index contributed by atoms with van der Waals surface area (Å²) >= 11 is 0. The standard InChI is InChI=1S/C15H22N2O3/c1-3-20-12-7-6-10-17(11-12)15(18)16-13-8-4-5-9-14(13)19-2/h4-5,8-9,12H,3,6-7,10-11H2,1-2H3,(H,16,18). The van der Waals surface area contributed by atoms with Gasteiger partial charge in [-0.15, -0.1) is 0 Å². The lowest BCUT2D eigenvalue weighted by atomic mass is 10.1. The van der Waals surface area contributed by atoms with Gasteiger partial charge < -0.3 is 19.7 Å². The van der Waals surface area contributed by atoms with Crippen LogP contribution in [0.4, 0.5) is 10.5 Å². The summed E-state index contributed by atoms with van der Waals surface area (Å²) in [6.45, 7) is 4.08. The number of benzene rings is 1. The molecule has 1 fully saturated rings. The van der Waals surface area contributed by atoms with Crippen molar-refractivity contribution in [3.63, 3.8) is 0 Å². The Balaban J connectivity index is 1.97. The van der Waals surface area contributed by atoms with Gasteiger partial charge in [0.2, 0.25) is 0 Å². The number of carbonyl (C=O) groups excluding carboxylic acids is 1. The minimum absolute atomic E-state index is 0.0982. The number of rotatable bonds is 4. The zero-order valence-electron chi connectivity index (χ0n) is 12.1. The Morgan fingerprint density at radius 3 is 3.00 bits per heavy atom. The topological polar surface area (TPSA) is 50.8 Å². The van der Waals surface area contributed by atoms with Crippen LogP contribution in [0.25, 0.3) is 0 Å². The minimum Gasteiger partial charge on any atom is -0.495 e. The second-order valence-electron chi connectivity index (χ2n) is 4.80. The van der Waals surface area contributed by atoms with Crippen molar-refractivity contribution in [2.24, 2.45) is 0 Å². The molecule has 5 nitrogen and oxygen atoms in total. The summed E-state index contributed by atoms with van der Waals surface area (Å²) in [5, 5.41) is 2.90. The van der Waals surface area contributed by atoms with Gasteiger partial charge in [-0.3, -0.25) is 0 Å². The van der Waals surface area contributed by atoms with E-state index in [4.69, 9.17) is 9.47 Å². The van der Waals surface area contributed by atoms with Crippen LogP contribution in [0.1, 0.15) is 19.8 Å². The Kier molecular flexibility index (Phi) is 5.24. The second kappa shape index (κ2) is 7.14. The van der Waals surface area contributed by atoms with Crippen molar-refractivity contribution < 1.29 is 14.3 Å². The molecular weight excluding hydrogens is 256 g/mol. The van der Waals surface area contributed by atoms with Gasteiger partial charge in [0.1, 0.15) is 5.75 Å². The molecule has 1 aliphatic rings. The van der Waals surface area contributed by atoms with E-state index in [1.54, 1.807) is 12.0 Å². The average Bonchev–Trinajstić information content (AvgIpc) is 2.48. The molecule has 1 aromatic carbocycles. The molecule has 110 valence electrons. The monoisotopic (exact) mass is 278 g/mol. The minimum atomic E-state index is -0.0982. The van der Waals surface area contributed by atoms with E-state index in [0.717, 1.165) is 19.4 Å². The van der Waals surface area contributed by atoms with E-state index >= 15 is 0 Å². The van der Waals surface area contributed by atoms with Crippen LogP contribution in [0.3, 0.4) is 0 Å². The van der Waals surface area contributed by atoms with Crippen LogP contribution >= 0.6 is 0 Å². The van der Waals surface area contributed by atoms with E-state index < -0.39 is 0 Å². The summed E-state index contributed by atoms with van der Waals surface area (Å²) in [6.07, 6.45) is 2.15. The highest BCUT2D eigenvalue weighted by Crippen LogP contribution is 2.24. The number of methoxy groups -OCH3 is 1. The predicted octanol–water partition coefficient (Wildman–Crippen LogP) is 2.73. The van der Waals surface area contributed by atoms with Crippen LogP contribution in [0.5, 0.6) is 5.75 Å². The lowest BCUT2D eigenvalue weighted by molar-refractivity contribution is 0.0181. The van der Waals surface area contributed by atoms with Crippen molar-refractivity contribution in [1.29, 1.82) is 0 Å². The van der Waals surface area contributed by atoms with Gasteiger partial charge >= 0.3 is 6.03 Å². The van der Waals surface area contributed by atoms with Crippen LogP contribution < -0.4 is 10.1 Å². The van der Waals surface area contributed by atoms with E-state index in [1.165, 1.54) is 0 Å². The second-order valence-corrected chi connectivity index (χ2v) is 4.80. The maximum Gasteiger partial charge on any atom is 0.322 e. The van der Waals surface area contributed by atoms with E-state index in [2.05, 4.69) is 5.32 Å². The van der Waals surface area contributed by atoms with Crippen molar-refractivity contribution in [3.05, 3.63) is 24.3 Å². The quantitative estimate of drug-likeness (QED) is 0.921. The number of hydrogen-bond donors (Lipinski definition) is 1. The summed E-state index contributed by atoms with van der Waals surface area (Å²) in [6, 6.07) is 7.31. The molecule has 1 N–H and O–H groups in total. The number of carbonyl (C=O) groups is 1. The maximum absolute atomic E-state index is 12.3. The lowest BCUT2D eigenvalue weighted by Crippen LogP contribution is -2.45. The molecule has 1 saturated heterocycles. The molecule has 1 aliphatic heterocycles. The van der Waals surface area contributed by atoms with Crippen LogP contribution in [-0.2, 0) is 4.74 Å². The van der Waals surface area contributed by atoms with Gasteiger partial charge in [-0.05, 0) is 31.9 Å². The Labute approximate surface area is 119 Å². The average molecular weight is 278 g/mol. The molecule has 0 saturated carbocycles. The first-order valence-electron chi connectivity index (χ1n) is 7.05. The summed E-state index contributed by atoms with van der Waals surface area (Å²) in [7, 11) is 1.59. The highest BCUT2D eigenvalue weighted by molar-refractivity contribution is 5.91. The number of nitrogens with one attached hydrogen (secondary N) is 1. The van der Waals surface area contributed by atoms with Crippen LogP contribution in [0.2, 0.25) is 0 Å². The van der Waals surface area contributed by atoms with Crippen LogP contribution in [-0.4, -0.2) is 43.8 Å². The SMILES string of the molecule is CCOC1CCCN(C(=O)Nc2ccccc2OC)C1. The fourth-order valence-corrected chi connectivity index (χ4v) is 2.44. The number of para-hydroxylation sites is 2. The molecule has 0 spiro atoms. The first-order chi connectivity index (χ1) is 9.74. The first kappa shape index (κ1) is 14.7. The molecule has 1 unspecified atom stereocenters. The largest absolute Gasteiger partial charge is 0.495 e. The van der Waals surface area contributed by atoms with E-state index in [1.807, 2.05) is 31.2 Å². The number of anilines is 1. The molecule has 0 aliphatic carbocycles. The zero-order valence-corrected chi connectivity index (χ0v) is 12.1. The molecule has 2 rings (SSSR count). The molecule has 0 radical (unpaired) electrons. The van der Waals surface area contributed by atoms with Crippen molar-refractivity contribution in [2.45, 2.75) is 25.9 Å². The van der Waals surface area contributed by atoms with E-state index in [9.17, 15) is 4.79 Å². The summed E-state index contributed by atoms with van der Waals surface area (Å²) < 4.78 is 10.8. The Morgan fingerprint density at radius 1 is 1.45 bits per heavy atom. The van der Waals surface area contributed by atoms with Gasteiger partial charge in [0.15, 0.2) is 0 Å². The lowest BCUT2D eigenvalue weighted by Gasteiger charge is -2.32. The number of amides is 2. The van der Waals surface area contributed by atoms with Gasteiger partial charge in [0.25, 0.3) is 0 Å². The molecule has 2 amide bonds. The fraction of sp³-hybridized carbons (Fsp3) is 0.533. The van der Waals surface area contributed by atoms with E-state index in [0.29, 0.717) is 24.6 Å². The van der Waals surface area contributed by atoms with Crippen molar-refractivity contribution in [2.75, 3.05) is 32.1 Å². The molecule has 0 bridgehead atoms. The van der Waals surface area contributed by atoms with Gasteiger partial charge in [-0.2, -0.15) is 0 Å². The third-order valence-electron chi connectivity index (χ3n) is 3.42. The summed E-state index contributed by atoms with van der Waals surface area (Å²) in [4.78, 5) is 14.1. The van der Waals surface area contributed by atoms with Gasteiger partial charge in [0.05, 0.1) is 18.9 Å². The van der Waals surface area contributed by atoms with Gasteiger partial charge in [-0.25, -0.2) is 4.79 Å². The predicted molar refractivity (Wildman–Crippen MR) is 78.2 cm³/mol. The smallest absolute Gasteiger partial charge is 0.322 e. The maximum atomic E-state index is 12.3. The Morgan fingerprint density at radius 2 is 2.25 bits per heavy atom. The fourth-order valence-electron chi connectivity index (χ4n) is 2.44. The zero-order chi connectivity index (χ0) is 14.4. The number of nitrogens with zero attached hydrogens (tertiary/aromatic N) is 1. The van der Waals surface area contributed by atoms with Crippen LogP contribution in [0.15, 0.2) is 24.3 Å². The number of piperidine rings is 1. The number of hydrogen-bond acceptors (Lipinski definition) is 3. The summed E-state index contributed by atoms with van der Waals surface area (Å²) in [5.74, 6) is 0.666. The molecular formula is C15H22N2O3. The molecule has 1 atom stereocenters. The number of ether oxygens (including phenoxy) is 2. The van der Waals surface area contributed by atoms with Gasteiger partial charge in [0, 0.05) is 19.7 Å². The molecule has 0 aromatic heterocycles.